The van der Waals surface area contributed by atoms with Gasteiger partial charge in [-0.2, -0.15) is 5.26 Å². The lowest BCUT2D eigenvalue weighted by Crippen LogP contribution is -2.21. The normalized spacial score (nSPS) is 12.2. The van der Waals surface area contributed by atoms with Gasteiger partial charge in [0, 0.05) is 11.0 Å². The topological polar surface area (TPSA) is 56.0 Å². The van der Waals surface area contributed by atoms with Crippen LogP contribution in [0.15, 0.2) is 22.7 Å². The van der Waals surface area contributed by atoms with Crippen LogP contribution < -0.4 is 5.32 Å². The fraction of sp³-hybridized carbons (Fsp3) is 0.462. The second-order valence-electron chi connectivity index (χ2n) is 4.47. The van der Waals surface area contributed by atoms with E-state index in [4.69, 9.17) is 5.26 Å². The number of aliphatic hydroxyl groups is 1. The molecule has 0 fully saturated rings. The molecule has 0 heterocycles. The number of rotatable bonds is 5. The van der Waals surface area contributed by atoms with Gasteiger partial charge in [0.2, 0.25) is 0 Å². The summed E-state index contributed by atoms with van der Waals surface area (Å²) in [6.07, 6.45) is 0.364. The van der Waals surface area contributed by atoms with Crippen LogP contribution in [0, 0.1) is 17.2 Å². The molecular formula is C13H17BrN2O. The van der Waals surface area contributed by atoms with Crippen molar-refractivity contribution < 1.29 is 5.11 Å². The monoisotopic (exact) mass is 296 g/mol. The first-order valence-corrected chi connectivity index (χ1v) is 6.43. The van der Waals surface area contributed by atoms with Gasteiger partial charge in [-0.3, -0.25) is 0 Å². The summed E-state index contributed by atoms with van der Waals surface area (Å²) < 4.78 is 0.914. The molecule has 0 amide bonds. The molecule has 1 aromatic rings. The van der Waals surface area contributed by atoms with Gasteiger partial charge in [-0.05, 0) is 30.5 Å². The van der Waals surface area contributed by atoms with E-state index in [2.05, 4.69) is 41.2 Å². The number of hydrogen-bond donors (Lipinski definition) is 2. The van der Waals surface area contributed by atoms with Gasteiger partial charge in [-0.25, -0.2) is 0 Å². The van der Waals surface area contributed by atoms with Gasteiger partial charge in [-0.1, -0.05) is 29.8 Å². The van der Waals surface area contributed by atoms with E-state index in [1.807, 2.05) is 12.1 Å². The van der Waals surface area contributed by atoms with Crippen LogP contribution in [0.3, 0.4) is 0 Å². The maximum absolute atomic E-state index is 9.76. The summed E-state index contributed by atoms with van der Waals surface area (Å²) in [5, 5.41) is 21.8. The van der Waals surface area contributed by atoms with E-state index in [9.17, 15) is 5.11 Å². The Hall–Kier alpha value is -1.05. The van der Waals surface area contributed by atoms with E-state index in [1.54, 1.807) is 6.07 Å². The Kier molecular flexibility index (Phi) is 5.46. The molecule has 1 rings (SSSR count). The molecule has 3 nitrogen and oxygen atoms in total. The first-order chi connectivity index (χ1) is 8.02. The molecule has 0 saturated carbocycles. The molecule has 0 saturated heterocycles. The molecule has 0 aromatic heterocycles. The molecule has 1 aromatic carbocycles. The van der Waals surface area contributed by atoms with Crippen LogP contribution in [0.2, 0.25) is 0 Å². The van der Waals surface area contributed by atoms with E-state index >= 15 is 0 Å². The van der Waals surface area contributed by atoms with Crippen molar-refractivity contribution in [2.45, 2.75) is 26.4 Å². The number of anilines is 1. The molecule has 92 valence electrons. The van der Waals surface area contributed by atoms with E-state index in [0.29, 0.717) is 18.0 Å². The third-order valence-corrected chi connectivity index (χ3v) is 2.87. The van der Waals surface area contributed by atoms with Crippen molar-refractivity contribution in [3.8, 4) is 6.07 Å². The van der Waals surface area contributed by atoms with Crippen molar-refractivity contribution in [2.75, 3.05) is 11.9 Å². The molecule has 2 N–H and O–H groups in total. The summed E-state index contributed by atoms with van der Waals surface area (Å²) in [5.41, 5.74) is 1.34. The fourth-order valence-electron chi connectivity index (χ4n) is 1.62. The minimum atomic E-state index is -0.388. The highest BCUT2D eigenvalue weighted by Crippen LogP contribution is 2.21. The highest BCUT2D eigenvalue weighted by molar-refractivity contribution is 9.10. The predicted octanol–water partition coefficient (Wildman–Crippen LogP) is 3.14. The molecule has 1 unspecified atom stereocenters. The van der Waals surface area contributed by atoms with Crippen molar-refractivity contribution >= 4 is 21.6 Å². The van der Waals surface area contributed by atoms with Gasteiger partial charge in [-0.15, -0.1) is 0 Å². The molecular weight excluding hydrogens is 280 g/mol. The molecule has 17 heavy (non-hydrogen) atoms. The lowest BCUT2D eigenvalue weighted by atomic mass is 10.1. The minimum absolute atomic E-state index is 0.388. The Balaban J connectivity index is 2.63. The van der Waals surface area contributed by atoms with Crippen molar-refractivity contribution in [3.05, 3.63) is 28.2 Å². The summed E-state index contributed by atoms with van der Waals surface area (Å²) in [7, 11) is 0. The first-order valence-electron chi connectivity index (χ1n) is 5.64. The Morgan fingerprint density at radius 3 is 2.76 bits per heavy atom. The zero-order valence-electron chi connectivity index (χ0n) is 10.1. The number of benzene rings is 1. The van der Waals surface area contributed by atoms with Crippen LogP contribution in [0.4, 0.5) is 5.69 Å². The van der Waals surface area contributed by atoms with Gasteiger partial charge in [0.05, 0.1) is 17.4 Å². The largest absolute Gasteiger partial charge is 0.391 e. The van der Waals surface area contributed by atoms with Gasteiger partial charge in [0.15, 0.2) is 0 Å². The lowest BCUT2D eigenvalue weighted by Gasteiger charge is -2.15. The smallest absolute Gasteiger partial charge is 0.101 e. The number of nitriles is 1. The Morgan fingerprint density at radius 1 is 1.47 bits per heavy atom. The molecule has 0 aliphatic rings. The highest BCUT2D eigenvalue weighted by atomic mass is 79.9. The third kappa shape index (κ3) is 4.76. The molecule has 1 atom stereocenters. The van der Waals surface area contributed by atoms with Gasteiger partial charge < -0.3 is 10.4 Å². The molecule has 4 heteroatoms. The maximum Gasteiger partial charge on any atom is 0.101 e. The average molecular weight is 297 g/mol. The van der Waals surface area contributed by atoms with Gasteiger partial charge in [0.25, 0.3) is 0 Å². The minimum Gasteiger partial charge on any atom is -0.391 e. The molecule has 0 radical (unpaired) electrons. The summed E-state index contributed by atoms with van der Waals surface area (Å²) in [6.45, 7) is 4.61. The zero-order chi connectivity index (χ0) is 12.8. The number of halogens is 1. The van der Waals surface area contributed by atoms with Crippen LogP contribution in [0.1, 0.15) is 25.8 Å². The Morgan fingerprint density at radius 2 is 2.18 bits per heavy atom. The first kappa shape index (κ1) is 14.0. The number of nitrogens with one attached hydrogen (secondary N) is 1. The van der Waals surface area contributed by atoms with Crippen LogP contribution in [-0.2, 0) is 0 Å². The molecule has 0 spiro atoms. The molecule has 0 bridgehead atoms. The quantitative estimate of drug-likeness (QED) is 0.878. The SMILES string of the molecule is CC(C)CC(O)CNc1cc(Br)ccc1C#N. The average Bonchev–Trinajstić information content (AvgIpc) is 2.25. The van der Waals surface area contributed by atoms with Crippen LogP contribution in [-0.4, -0.2) is 17.8 Å². The van der Waals surface area contributed by atoms with Gasteiger partial charge in [0.1, 0.15) is 6.07 Å². The fourth-order valence-corrected chi connectivity index (χ4v) is 1.98. The number of nitrogens with zero attached hydrogens (tertiary/aromatic N) is 1. The molecule has 0 aliphatic carbocycles. The summed E-state index contributed by atoms with van der Waals surface area (Å²) in [6, 6.07) is 7.55. The van der Waals surface area contributed by atoms with E-state index in [-0.39, 0.29) is 6.10 Å². The standard InChI is InChI=1S/C13H17BrN2O/c1-9(2)5-12(17)8-16-13-6-11(14)4-3-10(13)7-15/h3-4,6,9,12,16-17H,5,8H2,1-2H3. The van der Waals surface area contributed by atoms with Crippen LogP contribution in [0.5, 0.6) is 0 Å². The summed E-state index contributed by atoms with van der Waals surface area (Å²) in [5.74, 6) is 0.463. The second-order valence-corrected chi connectivity index (χ2v) is 5.38. The van der Waals surface area contributed by atoms with Crippen LogP contribution >= 0.6 is 15.9 Å². The van der Waals surface area contributed by atoms with Crippen molar-refractivity contribution in [1.29, 1.82) is 5.26 Å². The third-order valence-electron chi connectivity index (χ3n) is 2.37. The number of aliphatic hydroxyl groups excluding tert-OH is 1. The predicted molar refractivity (Wildman–Crippen MR) is 72.8 cm³/mol. The van der Waals surface area contributed by atoms with E-state index in [1.165, 1.54) is 0 Å². The summed E-state index contributed by atoms with van der Waals surface area (Å²) >= 11 is 3.36. The second kappa shape index (κ2) is 6.63. The Bertz CT molecular complexity index is 412. The van der Waals surface area contributed by atoms with Crippen molar-refractivity contribution in [1.82, 2.24) is 0 Å². The van der Waals surface area contributed by atoms with Crippen LogP contribution in [0.25, 0.3) is 0 Å². The summed E-state index contributed by atoms with van der Waals surface area (Å²) in [4.78, 5) is 0. The Labute approximate surface area is 111 Å². The maximum atomic E-state index is 9.76. The highest BCUT2D eigenvalue weighted by Gasteiger charge is 2.08. The zero-order valence-corrected chi connectivity index (χ0v) is 11.7. The van der Waals surface area contributed by atoms with Crippen molar-refractivity contribution in [2.24, 2.45) is 5.92 Å². The van der Waals surface area contributed by atoms with Gasteiger partial charge >= 0.3 is 0 Å². The molecule has 0 aliphatic heterocycles. The van der Waals surface area contributed by atoms with E-state index < -0.39 is 0 Å². The van der Waals surface area contributed by atoms with Crippen molar-refractivity contribution in [3.63, 3.8) is 0 Å². The number of hydrogen-bond acceptors (Lipinski definition) is 3. The van der Waals surface area contributed by atoms with E-state index in [0.717, 1.165) is 16.6 Å². The lowest BCUT2D eigenvalue weighted by molar-refractivity contribution is 0.161.